The van der Waals surface area contributed by atoms with Gasteiger partial charge in [-0.3, -0.25) is 4.79 Å². The second-order valence-electron chi connectivity index (χ2n) is 4.98. The average molecular weight is 383 g/mol. The van der Waals surface area contributed by atoms with Crippen molar-refractivity contribution in [2.45, 2.75) is 6.42 Å². The highest BCUT2D eigenvalue weighted by molar-refractivity contribution is 6.41. The van der Waals surface area contributed by atoms with Crippen molar-refractivity contribution in [3.05, 3.63) is 57.8 Å². The lowest BCUT2D eigenvalue weighted by molar-refractivity contribution is -0.124. The predicted molar refractivity (Wildman–Crippen MR) is 94.2 cm³/mol. The third-order valence-corrected chi connectivity index (χ3v) is 3.96. The van der Waals surface area contributed by atoms with Crippen molar-refractivity contribution in [2.75, 3.05) is 20.3 Å². The number of amides is 1. The van der Waals surface area contributed by atoms with Crippen LogP contribution < -0.4 is 10.1 Å². The molecule has 1 amide bonds. The molecule has 0 aliphatic rings. The number of carbonyl (C=O) groups is 2. The standard InChI is InChI=1S/C17H16Cl2N2O4/c1-24-14-5-3-2-4-11(14)6-7-20-15(22)10-25-17(23)12-8-13(18)16(19)21-9-12/h2-5,8-9H,6-7,10H2,1H3,(H,20,22). The van der Waals surface area contributed by atoms with Crippen LogP contribution in [0.1, 0.15) is 15.9 Å². The smallest absolute Gasteiger partial charge is 0.340 e. The van der Waals surface area contributed by atoms with E-state index in [1.807, 2.05) is 24.3 Å². The fourth-order valence-corrected chi connectivity index (χ4v) is 2.31. The van der Waals surface area contributed by atoms with Gasteiger partial charge in [-0.2, -0.15) is 0 Å². The SMILES string of the molecule is COc1ccccc1CCNC(=O)COC(=O)c1cnc(Cl)c(Cl)c1. The van der Waals surface area contributed by atoms with Crippen LogP contribution in [0.25, 0.3) is 0 Å². The fraction of sp³-hybridized carbons (Fsp3) is 0.235. The first-order valence-electron chi connectivity index (χ1n) is 7.38. The zero-order chi connectivity index (χ0) is 18.2. The number of rotatable bonds is 7. The highest BCUT2D eigenvalue weighted by Crippen LogP contribution is 2.20. The zero-order valence-corrected chi connectivity index (χ0v) is 14.9. The van der Waals surface area contributed by atoms with Crippen LogP contribution >= 0.6 is 23.2 Å². The Morgan fingerprint density at radius 1 is 1.24 bits per heavy atom. The van der Waals surface area contributed by atoms with E-state index < -0.39 is 18.5 Å². The van der Waals surface area contributed by atoms with Gasteiger partial charge in [0.15, 0.2) is 6.61 Å². The molecule has 0 saturated carbocycles. The third kappa shape index (κ3) is 5.62. The number of nitrogens with one attached hydrogen (secondary N) is 1. The summed E-state index contributed by atoms with van der Waals surface area (Å²) in [6.07, 6.45) is 1.83. The van der Waals surface area contributed by atoms with E-state index in [0.717, 1.165) is 11.3 Å². The van der Waals surface area contributed by atoms with E-state index in [1.165, 1.54) is 12.3 Å². The molecular weight excluding hydrogens is 367 g/mol. The number of ether oxygens (including phenoxy) is 2. The predicted octanol–water partition coefficient (Wildman–Crippen LogP) is 2.91. The zero-order valence-electron chi connectivity index (χ0n) is 13.4. The van der Waals surface area contributed by atoms with Gasteiger partial charge in [0, 0.05) is 12.7 Å². The summed E-state index contributed by atoms with van der Waals surface area (Å²) in [5.41, 5.74) is 1.10. The number of pyridine rings is 1. The van der Waals surface area contributed by atoms with Crippen LogP contribution in [-0.2, 0) is 16.0 Å². The van der Waals surface area contributed by atoms with E-state index >= 15 is 0 Å². The first kappa shape index (κ1) is 19.0. The number of aromatic nitrogens is 1. The Hall–Kier alpha value is -2.31. The van der Waals surface area contributed by atoms with Gasteiger partial charge in [-0.15, -0.1) is 0 Å². The summed E-state index contributed by atoms with van der Waals surface area (Å²) in [6.45, 7) is -0.00388. The molecule has 2 aromatic rings. The highest BCUT2D eigenvalue weighted by Gasteiger charge is 2.12. The van der Waals surface area contributed by atoms with Crippen LogP contribution in [-0.4, -0.2) is 37.1 Å². The molecule has 8 heteroatoms. The third-order valence-electron chi connectivity index (χ3n) is 3.28. The van der Waals surface area contributed by atoms with Crippen LogP contribution in [0, 0.1) is 0 Å². The van der Waals surface area contributed by atoms with Crippen molar-refractivity contribution in [1.82, 2.24) is 10.3 Å². The van der Waals surface area contributed by atoms with Crippen LogP contribution in [0.2, 0.25) is 10.2 Å². The van der Waals surface area contributed by atoms with E-state index in [4.69, 9.17) is 32.7 Å². The van der Waals surface area contributed by atoms with Crippen molar-refractivity contribution in [3.63, 3.8) is 0 Å². The molecule has 0 saturated heterocycles. The molecule has 0 fully saturated rings. The molecule has 0 spiro atoms. The van der Waals surface area contributed by atoms with Gasteiger partial charge >= 0.3 is 5.97 Å². The van der Waals surface area contributed by atoms with Gasteiger partial charge < -0.3 is 14.8 Å². The summed E-state index contributed by atoms with van der Waals surface area (Å²) < 4.78 is 10.2. The van der Waals surface area contributed by atoms with Crippen molar-refractivity contribution in [2.24, 2.45) is 0 Å². The monoisotopic (exact) mass is 382 g/mol. The second-order valence-corrected chi connectivity index (χ2v) is 5.75. The van der Waals surface area contributed by atoms with Gasteiger partial charge in [-0.05, 0) is 24.1 Å². The Morgan fingerprint density at radius 2 is 2.00 bits per heavy atom. The number of hydrogen-bond donors (Lipinski definition) is 1. The number of esters is 1. The topological polar surface area (TPSA) is 77.5 Å². The van der Waals surface area contributed by atoms with E-state index in [0.29, 0.717) is 13.0 Å². The summed E-state index contributed by atoms with van der Waals surface area (Å²) in [7, 11) is 1.59. The van der Waals surface area contributed by atoms with Crippen LogP contribution in [0.3, 0.4) is 0 Å². The first-order chi connectivity index (χ1) is 12.0. The quantitative estimate of drug-likeness (QED) is 0.588. The van der Waals surface area contributed by atoms with Crippen LogP contribution in [0.15, 0.2) is 36.5 Å². The summed E-state index contributed by atoms with van der Waals surface area (Å²) in [6, 6.07) is 8.87. The number of nitrogens with zero attached hydrogens (tertiary/aromatic N) is 1. The minimum Gasteiger partial charge on any atom is -0.496 e. The van der Waals surface area contributed by atoms with Crippen molar-refractivity contribution in [3.8, 4) is 5.75 Å². The lowest BCUT2D eigenvalue weighted by Gasteiger charge is -2.09. The molecule has 1 aromatic carbocycles. The lowest BCUT2D eigenvalue weighted by atomic mass is 10.1. The molecule has 0 atom stereocenters. The number of halogens is 2. The summed E-state index contributed by atoms with van der Waals surface area (Å²) in [5.74, 6) is -0.350. The molecule has 0 radical (unpaired) electrons. The molecule has 25 heavy (non-hydrogen) atoms. The number of benzene rings is 1. The van der Waals surface area contributed by atoms with Gasteiger partial charge in [0.05, 0.1) is 17.7 Å². The highest BCUT2D eigenvalue weighted by atomic mass is 35.5. The Morgan fingerprint density at radius 3 is 2.72 bits per heavy atom. The molecule has 1 N–H and O–H groups in total. The fourth-order valence-electron chi connectivity index (χ4n) is 2.04. The molecule has 1 aromatic heterocycles. The summed E-state index contributed by atoms with van der Waals surface area (Å²) >= 11 is 11.5. The van der Waals surface area contributed by atoms with E-state index in [-0.39, 0.29) is 15.7 Å². The maximum absolute atomic E-state index is 11.8. The number of carbonyl (C=O) groups excluding carboxylic acids is 2. The molecule has 6 nitrogen and oxygen atoms in total. The largest absolute Gasteiger partial charge is 0.496 e. The van der Waals surface area contributed by atoms with Crippen LogP contribution in [0.5, 0.6) is 5.75 Å². The van der Waals surface area contributed by atoms with Gasteiger partial charge in [-0.25, -0.2) is 9.78 Å². The van der Waals surface area contributed by atoms with Crippen molar-refractivity contribution in [1.29, 1.82) is 0 Å². The molecule has 2 rings (SSSR count). The molecule has 0 unspecified atom stereocenters. The Bertz CT molecular complexity index is 768. The number of methoxy groups -OCH3 is 1. The minimum absolute atomic E-state index is 0.0901. The summed E-state index contributed by atoms with van der Waals surface area (Å²) in [4.78, 5) is 27.3. The molecule has 0 aliphatic carbocycles. The lowest BCUT2D eigenvalue weighted by Crippen LogP contribution is -2.30. The number of hydrogen-bond acceptors (Lipinski definition) is 5. The number of para-hydroxylation sites is 1. The normalized spacial score (nSPS) is 10.2. The second kappa shape index (κ2) is 9.25. The van der Waals surface area contributed by atoms with Gasteiger partial charge in [-0.1, -0.05) is 41.4 Å². The van der Waals surface area contributed by atoms with Gasteiger partial charge in [0.25, 0.3) is 5.91 Å². The molecular formula is C17H16Cl2N2O4. The van der Waals surface area contributed by atoms with E-state index in [1.54, 1.807) is 7.11 Å². The maximum atomic E-state index is 11.8. The first-order valence-corrected chi connectivity index (χ1v) is 8.13. The Kier molecular flexibility index (Phi) is 7.03. The van der Waals surface area contributed by atoms with Gasteiger partial charge in [0.1, 0.15) is 10.9 Å². The Labute approximate surface area is 155 Å². The van der Waals surface area contributed by atoms with Crippen LogP contribution in [0.4, 0.5) is 0 Å². The van der Waals surface area contributed by atoms with Gasteiger partial charge in [0.2, 0.25) is 0 Å². The average Bonchev–Trinajstić information content (AvgIpc) is 2.62. The van der Waals surface area contributed by atoms with Crippen molar-refractivity contribution < 1.29 is 19.1 Å². The molecule has 0 aliphatic heterocycles. The Balaban J connectivity index is 1.76. The molecule has 1 heterocycles. The van der Waals surface area contributed by atoms with E-state index in [2.05, 4.69) is 10.3 Å². The minimum atomic E-state index is -0.703. The molecule has 0 bridgehead atoms. The van der Waals surface area contributed by atoms with Crippen molar-refractivity contribution >= 4 is 35.1 Å². The summed E-state index contributed by atoms with van der Waals surface area (Å²) in [5, 5.41) is 2.90. The maximum Gasteiger partial charge on any atom is 0.340 e. The van der Waals surface area contributed by atoms with E-state index in [9.17, 15) is 9.59 Å². The molecule has 132 valence electrons.